The van der Waals surface area contributed by atoms with E-state index in [9.17, 15) is 9.90 Å². The van der Waals surface area contributed by atoms with Crippen molar-refractivity contribution < 1.29 is 14.6 Å². The molecule has 3 atom stereocenters. The SMILES string of the molecule is CCOC(=O)C1C=CCC(C)(C[C@H](O)c2ccccc2)N1C. The van der Waals surface area contributed by atoms with Gasteiger partial charge in [0, 0.05) is 5.54 Å². The van der Waals surface area contributed by atoms with Crippen LogP contribution in [0.4, 0.5) is 0 Å². The molecular weight excluding hydrogens is 278 g/mol. The molecule has 4 nitrogen and oxygen atoms in total. The average Bonchev–Trinajstić information content (AvgIpc) is 2.51. The number of ether oxygens (including phenoxy) is 1. The third-order valence-electron chi connectivity index (χ3n) is 4.49. The average molecular weight is 303 g/mol. The minimum absolute atomic E-state index is 0.235. The standard InChI is InChI=1S/C18H25NO3/c1-4-22-17(21)15-11-8-12-18(2,19(15)3)13-16(20)14-9-6-5-7-10-14/h5-11,15-16,20H,4,12-13H2,1-3H3/t15?,16-,18?/m0/s1. The quantitative estimate of drug-likeness (QED) is 0.671. The summed E-state index contributed by atoms with van der Waals surface area (Å²) in [6.07, 6.45) is 4.70. The highest BCUT2D eigenvalue weighted by Gasteiger charge is 2.39. The first-order valence-electron chi connectivity index (χ1n) is 7.77. The maximum Gasteiger partial charge on any atom is 0.327 e. The van der Waals surface area contributed by atoms with Gasteiger partial charge >= 0.3 is 5.97 Å². The van der Waals surface area contributed by atoms with Gasteiger partial charge in [-0.3, -0.25) is 9.69 Å². The van der Waals surface area contributed by atoms with Gasteiger partial charge in [-0.15, -0.1) is 0 Å². The topological polar surface area (TPSA) is 49.8 Å². The Bertz CT molecular complexity index is 528. The Labute approximate surface area is 132 Å². The van der Waals surface area contributed by atoms with Gasteiger partial charge in [0.05, 0.1) is 12.7 Å². The van der Waals surface area contributed by atoms with Crippen molar-refractivity contribution in [3.8, 4) is 0 Å². The predicted molar refractivity (Wildman–Crippen MR) is 86.4 cm³/mol. The van der Waals surface area contributed by atoms with Crippen molar-refractivity contribution in [3.05, 3.63) is 48.0 Å². The van der Waals surface area contributed by atoms with Gasteiger partial charge in [-0.25, -0.2) is 0 Å². The summed E-state index contributed by atoms with van der Waals surface area (Å²) in [7, 11) is 1.92. The fraction of sp³-hybridized carbons (Fsp3) is 0.500. The highest BCUT2D eigenvalue weighted by Crippen LogP contribution is 2.35. The molecule has 1 aromatic rings. The van der Waals surface area contributed by atoms with Gasteiger partial charge in [0.1, 0.15) is 6.04 Å². The van der Waals surface area contributed by atoms with Crippen molar-refractivity contribution in [1.29, 1.82) is 0 Å². The molecule has 0 saturated carbocycles. The lowest BCUT2D eigenvalue weighted by molar-refractivity contribution is -0.150. The fourth-order valence-corrected chi connectivity index (χ4v) is 2.96. The molecule has 1 aliphatic heterocycles. The molecule has 2 unspecified atom stereocenters. The third-order valence-corrected chi connectivity index (χ3v) is 4.49. The zero-order valence-corrected chi connectivity index (χ0v) is 13.5. The van der Waals surface area contributed by atoms with Crippen LogP contribution in [-0.4, -0.2) is 41.2 Å². The van der Waals surface area contributed by atoms with Crippen molar-refractivity contribution in [2.24, 2.45) is 0 Å². The van der Waals surface area contributed by atoms with E-state index < -0.39 is 6.10 Å². The molecule has 0 aromatic heterocycles. The van der Waals surface area contributed by atoms with Crippen LogP contribution in [0.2, 0.25) is 0 Å². The second kappa shape index (κ2) is 7.07. The normalized spacial score (nSPS) is 26.6. The lowest BCUT2D eigenvalue weighted by atomic mass is 9.83. The number of carbonyl (C=O) groups is 1. The van der Waals surface area contributed by atoms with Crippen LogP contribution >= 0.6 is 0 Å². The molecule has 1 aliphatic rings. The zero-order chi connectivity index (χ0) is 16.2. The zero-order valence-electron chi connectivity index (χ0n) is 13.5. The number of nitrogens with zero attached hydrogens (tertiary/aromatic N) is 1. The maximum atomic E-state index is 12.1. The van der Waals surface area contributed by atoms with E-state index in [0.29, 0.717) is 13.0 Å². The number of benzene rings is 1. The Morgan fingerprint density at radius 3 is 2.77 bits per heavy atom. The van der Waals surface area contributed by atoms with E-state index in [1.165, 1.54) is 0 Å². The molecule has 4 heteroatoms. The number of rotatable bonds is 5. The van der Waals surface area contributed by atoms with Crippen molar-refractivity contribution in [3.63, 3.8) is 0 Å². The number of esters is 1. The number of hydrogen-bond acceptors (Lipinski definition) is 4. The Hall–Kier alpha value is -1.65. The van der Waals surface area contributed by atoms with Crippen LogP contribution in [0.1, 0.15) is 38.4 Å². The Morgan fingerprint density at radius 1 is 1.45 bits per heavy atom. The van der Waals surface area contributed by atoms with Gasteiger partial charge < -0.3 is 9.84 Å². The minimum Gasteiger partial charge on any atom is -0.465 e. The molecule has 2 rings (SSSR count). The lowest BCUT2D eigenvalue weighted by Crippen LogP contribution is -2.54. The van der Waals surface area contributed by atoms with Crippen LogP contribution in [0.25, 0.3) is 0 Å². The van der Waals surface area contributed by atoms with Gasteiger partial charge in [0.15, 0.2) is 0 Å². The Morgan fingerprint density at radius 2 is 2.14 bits per heavy atom. The number of likely N-dealkylation sites (N-methyl/N-ethyl adjacent to an activating group) is 1. The van der Waals surface area contributed by atoms with E-state index in [1.54, 1.807) is 0 Å². The summed E-state index contributed by atoms with van der Waals surface area (Å²) in [6.45, 7) is 4.26. The molecule has 1 aromatic carbocycles. The second-order valence-electron chi connectivity index (χ2n) is 6.07. The van der Waals surface area contributed by atoms with Gasteiger partial charge in [-0.1, -0.05) is 42.5 Å². The summed E-state index contributed by atoms with van der Waals surface area (Å²) >= 11 is 0. The van der Waals surface area contributed by atoms with Crippen LogP contribution in [0.5, 0.6) is 0 Å². The number of aliphatic hydroxyl groups excluding tert-OH is 1. The van der Waals surface area contributed by atoms with E-state index in [4.69, 9.17) is 4.74 Å². The highest BCUT2D eigenvalue weighted by atomic mass is 16.5. The minimum atomic E-state index is -0.553. The summed E-state index contributed by atoms with van der Waals surface area (Å²) in [5.74, 6) is -0.235. The summed E-state index contributed by atoms with van der Waals surface area (Å²) in [5.41, 5.74) is 0.612. The van der Waals surface area contributed by atoms with Crippen molar-refractivity contribution in [2.75, 3.05) is 13.7 Å². The third kappa shape index (κ3) is 3.57. The molecule has 0 radical (unpaired) electrons. The van der Waals surface area contributed by atoms with Crippen molar-refractivity contribution in [1.82, 2.24) is 4.90 Å². The lowest BCUT2D eigenvalue weighted by Gasteiger charge is -2.45. The number of carbonyl (C=O) groups excluding carboxylic acids is 1. The summed E-state index contributed by atoms with van der Waals surface area (Å²) < 4.78 is 5.14. The summed E-state index contributed by atoms with van der Waals surface area (Å²) in [5, 5.41) is 10.5. The molecular formula is C18H25NO3. The van der Waals surface area contributed by atoms with Crippen LogP contribution in [0.3, 0.4) is 0 Å². The molecule has 22 heavy (non-hydrogen) atoms. The monoisotopic (exact) mass is 303 g/mol. The van der Waals surface area contributed by atoms with Crippen LogP contribution in [0, 0.1) is 0 Å². The summed E-state index contributed by atoms with van der Waals surface area (Å²) in [4.78, 5) is 14.1. The molecule has 0 amide bonds. The van der Waals surface area contributed by atoms with Crippen molar-refractivity contribution >= 4 is 5.97 Å². The smallest absolute Gasteiger partial charge is 0.327 e. The molecule has 1 N–H and O–H groups in total. The van der Waals surface area contributed by atoms with E-state index in [-0.39, 0.29) is 17.6 Å². The van der Waals surface area contributed by atoms with Gasteiger partial charge in [-0.05, 0) is 39.3 Å². The van der Waals surface area contributed by atoms with E-state index in [0.717, 1.165) is 12.0 Å². The van der Waals surface area contributed by atoms with Gasteiger partial charge in [0.2, 0.25) is 0 Å². The first-order chi connectivity index (χ1) is 10.5. The van der Waals surface area contributed by atoms with E-state index in [2.05, 4.69) is 6.92 Å². The van der Waals surface area contributed by atoms with E-state index in [1.807, 2.05) is 61.4 Å². The molecule has 1 heterocycles. The molecule has 0 saturated heterocycles. The Balaban J connectivity index is 2.12. The molecule has 120 valence electrons. The molecule has 0 spiro atoms. The maximum absolute atomic E-state index is 12.1. The Kier molecular flexibility index (Phi) is 5.37. The van der Waals surface area contributed by atoms with Crippen LogP contribution < -0.4 is 0 Å². The largest absolute Gasteiger partial charge is 0.465 e. The first-order valence-corrected chi connectivity index (χ1v) is 7.77. The predicted octanol–water partition coefficient (Wildman–Crippen LogP) is 2.69. The first kappa shape index (κ1) is 16.7. The van der Waals surface area contributed by atoms with Crippen LogP contribution in [0.15, 0.2) is 42.5 Å². The van der Waals surface area contributed by atoms with E-state index >= 15 is 0 Å². The summed E-state index contributed by atoms with van der Waals surface area (Å²) in [6, 6.07) is 9.25. The van der Waals surface area contributed by atoms with Crippen LogP contribution in [-0.2, 0) is 9.53 Å². The fourth-order valence-electron chi connectivity index (χ4n) is 2.96. The van der Waals surface area contributed by atoms with Gasteiger partial charge in [-0.2, -0.15) is 0 Å². The molecule has 0 fully saturated rings. The highest BCUT2D eigenvalue weighted by molar-refractivity contribution is 5.78. The number of aliphatic hydroxyl groups is 1. The van der Waals surface area contributed by atoms with Gasteiger partial charge in [0.25, 0.3) is 0 Å². The molecule has 0 bridgehead atoms. The second-order valence-corrected chi connectivity index (χ2v) is 6.07. The van der Waals surface area contributed by atoms with Crippen molar-refractivity contribution in [2.45, 2.75) is 44.4 Å². The molecule has 0 aliphatic carbocycles. The number of hydrogen-bond donors (Lipinski definition) is 1.